The number of nitrogens with zero attached hydrogens (tertiary/aromatic N) is 4. The number of nitrogens with one attached hydrogen (secondary N) is 2. The Morgan fingerprint density at radius 1 is 1.11 bits per heavy atom. The van der Waals surface area contributed by atoms with E-state index in [4.69, 9.17) is 0 Å². The Kier molecular flexibility index (Phi) is 5.83. The van der Waals surface area contributed by atoms with Crippen molar-refractivity contribution in [2.24, 2.45) is 5.10 Å². The minimum absolute atomic E-state index is 0.298. The van der Waals surface area contributed by atoms with Crippen LogP contribution in [0, 0.1) is 13.8 Å². The van der Waals surface area contributed by atoms with Crippen LogP contribution in [-0.4, -0.2) is 54.6 Å². The third kappa shape index (κ3) is 4.68. The second kappa shape index (κ2) is 8.12. The number of rotatable bonds is 5. The number of hydrogen-bond donors (Lipinski definition) is 2. The molecule has 0 unspecified atom stereocenters. The summed E-state index contributed by atoms with van der Waals surface area (Å²) in [6.45, 7) is 7.97. The van der Waals surface area contributed by atoms with Gasteiger partial charge >= 0.3 is 0 Å². The van der Waals surface area contributed by atoms with Crippen molar-refractivity contribution in [2.45, 2.75) is 25.7 Å². The van der Waals surface area contributed by atoms with Gasteiger partial charge in [-0.1, -0.05) is 12.1 Å². The Hall–Kier alpha value is -2.36. The Morgan fingerprint density at radius 2 is 1.70 bits per heavy atom. The van der Waals surface area contributed by atoms with E-state index in [0.29, 0.717) is 42.7 Å². The first-order valence-corrected chi connectivity index (χ1v) is 10.2. The molecule has 1 aromatic heterocycles. The van der Waals surface area contributed by atoms with E-state index in [1.165, 1.54) is 4.31 Å². The topological polar surface area (TPSA) is 99.6 Å². The van der Waals surface area contributed by atoms with E-state index in [-0.39, 0.29) is 0 Å². The number of hydrazone groups is 1. The minimum Gasteiger partial charge on any atom is -0.314 e. The van der Waals surface area contributed by atoms with Crippen molar-refractivity contribution < 1.29 is 8.42 Å². The summed E-state index contributed by atoms with van der Waals surface area (Å²) >= 11 is 0. The highest BCUT2D eigenvalue weighted by molar-refractivity contribution is 7.89. The SMILES string of the molecule is C/C(=N/Nc1nc(C)cc(C)n1)c1ccc(S(=O)(=O)N2CCNCC2)cc1. The van der Waals surface area contributed by atoms with Crippen molar-refractivity contribution in [3.8, 4) is 0 Å². The number of piperazine rings is 1. The van der Waals surface area contributed by atoms with Gasteiger partial charge in [-0.15, -0.1) is 0 Å². The number of benzene rings is 1. The average Bonchev–Trinajstić information content (AvgIpc) is 2.66. The summed E-state index contributed by atoms with van der Waals surface area (Å²) in [7, 11) is -3.45. The molecule has 3 rings (SSSR count). The first kappa shape index (κ1) is 19.4. The summed E-state index contributed by atoms with van der Waals surface area (Å²) in [6, 6.07) is 8.66. The maximum atomic E-state index is 12.7. The maximum Gasteiger partial charge on any atom is 0.243 e. The molecule has 2 aromatic rings. The standard InChI is InChI=1S/C18H24N6O2S/c1-13-12-14(2)21-18(20-13)23-22-15(3)16-4-6-17(7-5-16)27(25,26)24-10-8-19-9-11-24/h4-7,12,19H,8-11H2,1-3H3,(H,20,21,23)/b22-15-. The van der Waals surface area contributed by atoms with Gasteiger partial charge in [0.25, 0.3) is 0 Å². The summed E-state index contributed by atoms with van der Waals surface area (Å²) in [5.74, 6) is 0.435. The van der Waals surface area contributed by atoms with Crippen LogP contribution >= 0.6 is 0 Å². The van der Waals surface area contributed by atoms with Crippen LogP contribution in [0.2, 0.25) is 0 Å². The highest BCUT2D eigenvalue weighted by Gasteiger charge is 2.25. The van der Waals surface area contributed by atoms with E-state index >= 15 is 0 Å². The van der Waals surface area contributed by atoms with Crippen molar-refractivity contribution in [1.29, 1.82) is 0 Å². The number of aromatic nitrogens is 2. The van der Waals surface area contributed by atoms with Gasteiger partial charge in [0, 0.05) is 37.6 Å². The fraction of sp³-hybridized carbons (Fsp3) is 0.389. The first-order chi connectivity index (χ1) is 12.9. The fourth-order valence-electron chi connectivity index (χ4n) is 2.88. The molecule has 0 amide bonds. The van der Waals surface area contributed by atoms with Crippen LogP contribution in [0.4, 0.5) is 5.95 Å². The highest BCUT2D eigenvalue weighted by Crippen LogP contribution is 2.17. The monoisotopic (exact) mass is 388 g/mol. The molecule has 0 radical (unpaired) electrons. The molecule has 0 aliphatic carbocycles. The lowest BCUT2D eigenvalue weighted by Gasteiger charge is -2.26. The summed E-state index contributed by atoms with van der Waals surface area (Å²) in [6.07, 6.45) is 0. The van der Waals surface area contributed by atoms with Crippen molar-refractivity contribution >= 4 is 21.7 Å². The molecule has 2 N–H and O–H groups in total. The quantitative estimate of drug-likeness (QED) is 0.595. The smallest absolute Gasteiger partial charge is 0.243 e. The number of anilines is 1. The lowest BCUT2D eigenvalue weighted by Crippen LogP contribution is -2.46. The zero-order valence-electron chi connectivity index (χ0n) is 15.7. The predicted molar refractivity (Wildman–Crippen MR) is 105 cm³/mol. The summed E-state index contributed by atoms with van der Waals surface area (Å²) in [5, 5.41) is 7.46. The number of sulfonamides is 1. The second-order valence-electron chi connectivity index (χ2n) is 6.46. The fourth-order valence-corrected chi connectivity index (χ4v) is 4.32. The Balaban J connectivity index is 1.74. The molecule has 27 heavy (non-hydrogen) atoms. The van der Waals surface area contributed by atoms with Crippen LogP contribution < -0.4 is 10.7 Å². The Labute approximate surface area is 159 Å². The van der Waals surface area contributed by atoms with Crippen LogP contribution in [0.5, 0.6) is 0 Å². The molecule has 0 atom stereocenters. The molecule has 0 bridgehead atoms. The summed E-state index contributed by atoms with van der Waals surface area (Å²) in [5.41, 5.74) is 6.11. The van der Waals surface area contributed by atoms with E-state index in [1.807, 2.05) is 26.8 Å². The van der Waals surface area contributed by atoms with Gasteiger partial charge in [0.2, 0.25) is 16.0 Å². The van der Waals surface area contributed by atoms with Crippen molar-refractivity contribution in [3.05, 3.63) is 47.3 Å². The molecule has 1 aliphatic rings. The van der Waals surface area contributed by atoms with Gasteiger partial charge in [0.1, 0.15) is 0 Å². The van der Waals surface area contributed by atoms with Crippen LogP contribution in [0.3, 0.4) is 0 Å². The van der Waals surface area contributed by atoms with E-state index in [1.54, 1.807) is 24.3 Å². The van der Waals surface area contributed by atoms with Crippen molar-refractivity contribution in [2.75, 3.05) is 31.6 Å². The molecule has 0 spiro atoms. The molecule has 2 heterocycles. The van der Waals surface area contributed by atoms with Crippen molar-refractivity contribution in [1.82, 2.24) is 19.6 Å². The lowest BCUT2D eigenvalue weighted by molar-refractivity contribution is 0.360. The van der Waals surface area contributed by atoms with Gasteiger partial charge in [-0.25, -0.2) is 23.8 Å². The van der Waals surface area contributed by atoms with Crippen LogP contribution in [0.1, 0.15) is 23.9 Å². The molecule has 0 saturated carbocycles. The van der Waals surface area contributed by atoms with Gasteiger partial charge in [-0.3, -0.25) is 0 Å². The first-order valence-electron chi connectivity index (χ1n) is 8.80. The Bertz CT molecular complexity index is 915. The molecule has 9 heteroatoms. The molecular formula is C18H24N6O2S. The zero-order valence-corrected chi connectivity index (χ0v) is 16.5. The van der Waals surface area contributed by atoms with Crippen LogP contribution in [0.25, 0.3) is 0 Å². The van der Waals surface area contributed by atoms with Crippen molar-refractivity contribution in [3.63, 3.8) is 0 Å². The van der Waals surface area contributed by atoms with Crippen LogP contribution in [-0.2, 0) is 10.0 Å². The molecule has 1 fully saturated rings. The normalized spacial score (nSPS) is 16.3. The average molecular weight is 388 g/mol. The number of hydrogen-bond acceptors (Lipinski definition) is 7. The summed E-state index contributed by atoms with van der Waals surface area (Å²) in [4.78, 5) is 8.85. The minimum atomic E-state index is -3.45. The van der Waals surface area contributed by atoms with Gasteiger partial charge in [-0.2, -0.15) is 9.41 Å². The molecule has 1 saturated heterocycles. The van der Waals surface area contributed by atoms with E-state index in [9.17, 15) is 8.42 Å². The van der Waals surface area contributed by atoms with E-state index in [2.05, 4.69) is 25.8 Å². The van der Waals surface area contributed by atoms with Gasteiger partial charge in [-0.05, 0) is 44.5 Å². The summed E-state index contributed by atoms with van der Waals surface area (Å²) < 4.78 is 26.9. The molecule has 1 aromatic carbocycles. The van der Waals surface area contributed by atoms with Gasteiger partial charge in [0.05, 0.1) is 10.6 Å². The van der Waals surface area contributed by atoms with Gasteiger partial charge in [0.15, 0.2) is 0 Å². The molecule has 8 nitrogen and oxygen atoms in total. The lowest BCUT2D eigenvalue weighted by atomic mass is 10.1. The third-order valence-electron chi connectivity index (χ3n) is 4.29. The molecular weight excluding hydrogens is 364 g/mol. The van der Waals surface area contributed by atoms with E-state index < -0.39 is 10.0 Å². The second-order valence-corrected chi connectivity index (χ2v) is 8.40. The number of aryl methyl sites for hydroxylation is 2. The van der Waals surface area contributed by atoms with E-state index in [0.717, 1.165) is 17.0 Å². The molecule has 1 aliphatic heterocycles. The van der Waals surface area contributed by atoms with Gasteiger partial charge < -0.3 is 5.32 Å². The highest BCUT2D eigenvalue weighted by atomic mass is 32.2. The predicted octanol–water partition coefficient (Wildman–Crippen LogP) is 1.52. The molecule has 144 valence electrons. The third-order valence-corrected chi connectivity index (χ3v) is 6.20. The Morgan fingerprint density at radius 3 is 2.30 bits per heavy atom. The van der Waals surface area contributed by atoms with Crippen LogP contribution in [0.15, 0.2) is 40.3 Å². The largest absolute Gasteiger partial charge is 0.314 e. The zero-order chi connectivity index (χ0) is 19.4. The maximum absolute atomic E-state index is 12.7.